The van der Waals surface area contributed by atoms with Crippen molar-refractivity contribution >= 4 is 24.1 Å². The van der Waals surface area contributed by atoms with Crippen molar-refractivity contribution in [1.82, 2.24) is 19.6 Å². The molecule has 0 aliphatic heterocycles. The van der Waals surface area contributed by atoms with Crippen LogP contribution in [0.2, 0.25) is 0 Å². The Morgan fingerprint density at radius 2 is 2.25 bits per heavy atom. The predicted octanol–water partition coefficient (Wildman–Crippen LogP) is 1.16. The van der Waals surface area contributed by atoms with Crippen LogP contribution in [0.5, 0.6) is 0 Å². The first kappa shape index (κ1) is 16.0. The highest BCUT2D eigenvalue weighted by Crippen LogP contribution is 2.10. The summed E-state index contributed by atoms with van der Waals surface area (Å²) in [6, 6.07) is 3.60. The number of hydrogen-bond acceptors (Lipinski definition) is 4. The van der Waals surface area contributed by atoms with Crippen LogP contribution in [0.1, 0.15) is 29.5 Å². The zero-order valence-electron chi connectivity index (χ0n) is 11.5. The molecule has 0 saturated carbocycles. The second-order valence-electron chi connectivity index (χ2n) is 4.30. The van der Waals surface area contributed by atoms with Crippen LogP contribution in [0.25, 0.3) is 0 Å². The fraction of sp³-hybridized carbons (Fsp3) is 0.417. The lowest BCUT2D eigenvalue weighted by Crippen LogP contribution is -2.15. The van der Waals surface area contributed by atoms with Gasteiger partial charge >= 0.3 is 0 Å². The summed E-state index contributed by atoms with van der Waals surface area (Å²) < 4.78 is 3.42. The van der Waals surface area contributed by atoms with Crippen LogP contribution in [-0.4, -0.2) is 25.5 Å². The van der Waals surface area contributed by atoms with E-state index in [0.29, 0.717) is 18.1 Å². The first-order valence-corrected chi connectivity index (χ1v) is 6.20. The van der Waals surface area contributed by atoms with E-state index in [0.717, 1.165) is 18.7 Å². The molecule has 7 nitrogen and oxygen atoms in total. The zero-order chi connectivity index (χ0) is 13.8. The van der Waals surface area contributed by atoms with Crippen LogP contribution in [-0.2, 0) is 20.1 Å². The fourth-order valence-electron chi connectivity index (χ4n) is 1.89. The summed E-state index contributed by atoms with van der Waals surface area (Å²) in [4.78, 5) is 11.1. The Morgan fingerprint density at radius 3 is 2.85 bits per heavy atom. The Bertz CT molecular complexity index is 576. The number of nitrogens with two attached hydrogens (primary N) is 1. The van der Waals surface area contributed by atoms with Crippen molar-refractivity contribution in [2.24, 2.45) is 12.8 Å². The Hall–Kier alpha value is -2.02. The molecular formula is C12H19ClN6O. The van der Waals surface area contributed by atoms with Gasteiger partial charge in [-0.2, -0.15) is 10.2 Å². The summed E-state index contributed by atoms with van der Waals surface area (Å²) in [5.74, 6) is 0.139. The number of rotatable bonds is 6. The largest absolute Gasteiger partial charge is 0.364 e. The number of carbonyl (C=O) groups excluding carboxylic acids is 1. The number of primary amides is 1. The third kappa shape index (κ3) is 3.51. The van der Waals surface area contributed by atoms with E-state index in [4.69, 9.17) is 5.73 Å². The van der Waals surface area contributed by atoms with Gasteiger partial charge in [0, 0.05) is 25.9 Å². The van der Waals surface area contributed by atoms with Gasteiger partial charge in [-0.3, -0.25) is 14.2 Å². The first-order valence-electron chi connectivity index (χ1n) is 6.20. The summed E-state index contributed by atoms with van der Waals surface area (Å²) in [5.41, 5.74) is 6.70. The highest BCUT2D eigenvalue weighted by molar-refractivity contribution is 5.91. The average Bonchev–Trinajstić information content (AvgIpc) is 2.94. The minimum absolute atomic E-state index is 0. The van der Waals surface area contributed by atoms with Crippen LogP contribution in [0.15, 0.2) is 18.3 Å². The molecule has 0 radical (unpaired) electrons. The van der Waals surface area contributed by atoms with Crippen LogP contribution in [0.3, 0.4) is 0 Å². The third-order valence-electron chi connectivity index (χ3n) is 2.82. The van der Waals surface area contributed by atoms with E-state index >= 15 is 0 Å². The molecule has 0 unspecified atom stereocenters. The number of nitrogens with zero attached hydrogens (tertiary/aromatic N) is 4. The number of aryl methyl sites for hydroxylation is 2. The number of halogens is 1. The van der Waals surface area contributed by atoms with E-state index in [9.17, 15) is 4.79 Å². The molecule has 2 heterocycles. The molecule has 1 amide bonds. The Balaban J connectivity index is 0.00000200. The van der Waals surface area contributed by atoms with Crippen molar-refractivity contribution < 1.29 is 4.79 Å². The fourth-order valence-corrected chi connectivity index (χ4v) is 1.89. The normalized spacial score (nSPS) is 10.1. The van der Waals surface area contributed by atoms with Crippen LogP contribution >= 0.6 is 12.4 Å². The maximum absolute atomic E-state index is 11.1. The summed E-state index contributed by atoms with van der Waals surface area (Å²) in [7, 11) is 1.69. The number of anilines is 1. The molecule has 0 aromatic carbocycles. The topological polar surface area (TPSA) is 90.8 Å². The van der Waals surface area contributed by atoms with E-state index in [1.165, 1.54) is 4.68 Å². The molecule has 0 aliphatic carbocycles. The zero-order valence-corrected chi connectivity index (χ0v) is 12.4. The second-order valence-corrected chi connectivity index (χ2v) is 4.30. The molecule has 2 rings (SSSR count). The minimum Gasteiger partial charge on any atom is -0.364 e. The number of hydrogen-bond donors (Lipinski definition) is 2. The first-order chi connectivity index (χ1) is 9.11. The number of amides is 1. The van der Waals surface area contributed by atoms with Gasteiger partial charge in [-0.1, -0.05) is 6.92 Å². The smallest absolute Gasteiger partial charge is 0.267 e. The highest BCUT2D eigenvalue weighted by atomic mass is 35.5. The lowest BCUT2D eigenvalue weighted by atomic mass is 10.3. The van der Waals surface area contributed by atoms with Gasteiger partial charge in [0.1, 0.15) is 11.5 Å². The quantitative estimate of drug-likeness (QED) is 0.837. The van der Waals surface area contributed by atoms with E-state index in [2.05, 4.69) is 22.4 Å². The van der Waals surface area contributed by atoms with Gasteiger partial charge in [-0.25, -0.2) is 0 Å². The molecule has 110 valence electrons. The van der Waals surface area contributed by atoms with Crippen molar-refractivity contribution in [3.8, 4) is 0 Å². The van der Waals surface area contributed by atoms with Crippen molar-refractivity contribution in [2.45, 2.75) is 26.4 Å². The third-order valence-corrected chi connectivity index (χ3v) is 2.82. The number of nitrogens with one attached hydrogen (secondary N) is 1. The van der Waals surface area contributed by atoms with E-state index < -0.39 is 5.91 Å². The van der Waals surface area contributed by atoms with E-state index in [1.54, 1.807) is 19.3 Å². The van der Waals surface area contributed by atoms with Gasteiger partial charge < -0.3 is 11.1 Å². The Morgan fingerprint density at radius 1 is 1.50 bits per heavy atom. The lowest BCUT2D eigenvalue weighted by Gasteiger charge is -2.06. The number of aromatic nitrogens is 4. The van der Waals surface area contributed by atoms with Crippen molar-refractivity contribution in [2.75, 3.05) is 5.32 Å². The minimum atomic E-state index is -0.487. The van der Waals surface area contributed by atoms with Gasteiger partial charge in [-0.15, -0.1) is 12.4 Å². The van der Waals surface area contributed by atoms with Crippen molar-refractivity contribution in [1.29, 1.82) is 0 Å². The molecule has 0 aliphatic rings. The molecule has 20 heavy (non-hydrogen) atoms. The van der Waals surface area contributed by atoms with Crippen LogP contribution in [0, 0.1) is 0 Å². The van der Waals surface area contributed by atoms with Crippen molar-refractivity contribution in [3.63, 3.8) is 0 Å². The summed E-state index contributed by atoms with van der Waals surface area (Å²) in [5, 5.41) is 11.6. The molecule has 2 aromatic rings. The molecular weight excluding hydrogens is 280 g/mol. The molecule has 0 bridgehead atoms. The maximum atomic E-state index is 11.1. The Kier molecular flexibility index (Phi) is 5.57. The summed E-state index contributed by atoms with van der Waals surface area (Å²) in [6.45, 7) is 3.60. The highest BCUT2D eigenvalue weighted by Gasteiger charge is 2.10. The van der Waals surface area contributed by atoms with Gasteiger partial charge in [0.05, 0.1) is 12.2 Å². The predicted molar refractivity (Wildman–Crippen MR) is 78.8 cm³/mol. The molecule has 2 aromatic heterocycles. The van der Waals surface area contributed by atoms with Crippen LogP contribution in [0.4, 0.5) is 5.82 Å². The SMILES string of the molecule is CCCn1nccc1CNc1cc(C(N)=O)n(C)n1.Cl. The van der Waals surface area contributed by atoms with Gasteiger partial charge in [0.25, 0.3) is 5.91 Å². The van der Waals surface area contributed by atoms with Crippen LogP contribution < -0.4 is 11.1 Å². The second kappa shape index (κ2) is 6.95. The van der Waals surface area contributed by atoms with Gasteiger partial charge in [0.2, 0.25) is 0 Å². The summed E-state index contributed by atoms with van der Waals surface area (Å²) >= 11 is 0. The standard InChI is InChI=1S/C12H18N6O.ClH/c1-3-6-18-9(4-5-15-18)8-14-11-7-10(12(13)19)17(2)16-11;/h4-5,7H,3,6,8H2,1-2H3,(H2,13,19)(H,14,16);1H. The monoisotopic (exact) mass is 298 g/mol. The Labute approximate surface area is 123 Å². The molecule has 0 saturated heterocycles. The molecule has 0 fully saturated rings. The van der Waals surface area contributed by atoms with Crippen molar-refractivity contribution in [3.05, 3.63) is 29.7 Å². The molecule has 0 spiro atoms. The van der Waals surface area contributed by atoms with Gasteiger partial charge in [-0.05, 0) is 12.5 Å². The molecule has 0 atom stereocenters. The maximum Gasteiger partial charge on any atom is 0.267 e. The number of carbonyl (C=O) groups is 1. The van der Waals surface area contributed by atoms with E-state index in [-0.39, 0.29) is 12.4 Å². The lowest BCUT2D eigenvalue weighted by molar-refractivity contribution is 0.0991. The molecule has 3 N–H and O–H groups in total. The summed E-state index contributed by atoms with van der Waals surface area (Å²) in [6.07, 6.45) is 2.81. The molecule has 8 heteroatoms. The van der Waals surface area contributed by atoms with Gasteiger partial charge in [0.15, 0.2) is 0 Å². The average molecular weight is 299 g/mol. The van der Waals surface area contributed by atoms with E-state index in [1.807, 2.05) is 10.7 Å².